The van der Waals surface area contributed by atoms with E-state index in [-0.39, 0.29) is 18.4 Å². The maximum atomic E-state index is 10.8. The molecule has 0 unspecified atom stereocenters. The van der Waals surface area contributed by atoms with Crippen molar-refractivity contribution in [3.8, 4) is 11.1 Å². The molecule has 0 aliphatic carbocycles. The van der Waals surface area contributed by atoms with Crippen LogP contribution >= 0.6 is 11.6 Å². The molecule has 2 aromatic carbocycles. The van der Waals surface area contributed by atoms with Crippen LogP contribution in [0.25, 0.3) is 11.1 Å². The van der Waals surface area contributed by atoms with E-state index in [4.69, 9.17) is 23.1 Å². The van der Waals surface area contributed by atoms with E-state index < -0.39 is 0 Å². The summed E-state index contributed by atoms with van der Waals surface area (Å²) in [5.74, 6) is -0.368. The Labute approximate surface area is 123 Å². The number of carbonyl (C=O) groups excluding carboxylic acids is 1. The molecule has 4 heteroatoms. The highest BCUT2D eigenvalue weighted by atomic mass is 35.5. The second-order valence-electron chi connectivity index (χ2n) is 4.84. The van der Waals surface area contributed by atoms with Crippen molar-refractivity contribution >= 4 is 17.5 Å². The van der Waals surface area contributed by atoms with Crippen LogP contribution in [-0.2, 0) is 11.2 Å². The number of primary amides is 1. The predicted octanol–water partition coefficient (Wildman–Crippen LogP) is 2.75. The zero-order valence-electron chi connectivity index (χ0n) is 11.1. The van der Waals surface area contributed by atoms with E-state index in [2.05, 4.69) is 0 Å². The van der Waals surface area contributed by atoms with E-state index in [0.29, 0.717) is 6.42 Å². The molecule has 0 aliphatic heterocycles. The molecule has 0 fully saturated rings. The van der Waals surface area contributed by atoms with E-state index in [1.54, 1.807) is 0 Å². The zero-order valence-corrected chi connectivity index (χ0v) is 11.8. The van der Waals surface area contributed by atoms with Gasteiger partial charge in [-0.1, -0.05) is 48.0 Å². The maximum Gasteiger partial charge on any atom is 0.218 e. The third-order valence-corrected chi connectivity index (χ3v) is 3.31. The molecule has 4 N–H and O–H groups in total. The number of halogens is 1. The minimum Gasteiger partial charge on any atom is -0.370 e. The van der Waals surface area contributed by atoms with Gasteiger partial charge in [0.2, 0.25) is 5.91 Å². The van der Waals surface area contributed by atoms with Gasteiger partial charge in [0.15, 0.2) is 0 Å². The smallest absolute Gasteiger partial charge is 0.218 e. The molecule has 0 saturated heterocycles. The van der Waals surface area contributed by atoms with E-state index in [9.17, 15) is 4.79 Å². The molecule has 0 aliphatic rings. The van der Waals surface area contributed by atoms with Crippen molar-refractivity contribution in [2.75, 3.05) is 0 Å². The van der Waals surface area contributed by atoms with Crippen molar-refractivity contribution in [1.82, 2.24) is 0 Å². The molecule has 20 heavy (non-hydrogen) atoms. The van der Waals surface area contributed by atoms with Crippen LogP contribution < -0.4 is 11.5 Å². The first-order chi connectivity index (χ1) is 9.54. The summed E-state index contributed by atoms with van der Waals surface area (Å²) in [5.41, 5.74) is 14.2. The molecule has 0 aromatic heterocycles. The van der Waals surface area contributed by atoms with Gasteiger partial charge in [0, 0.05) is 17.5 Å². The third-order valence-electron chi connectivity index (χ3n) is 3.07. The Morgan fingerprint density at radius 2 is 1.80 bits per heavy atom. The van der Waals surface area contributed by atoms with Gasteiger partial charge in [0.25, 0.3) is 0 Å². The van der Waals surface area contributed by atoms with Crippen molar-refractivity contribution in [2.45, 2.75) is 18.9 Å². The highest BCUT2D eigenvalue weighted by molar-refractivity contribution is 6.30. The molecule has 0 saturated carbocycles. The van der Waals surface area contributed by atoms with Crippen LogP contribution in [0.15, 0.2) is 48.5 Å². The Morgan fingerprint density at radius 1 is 1.10 bits per heavy atom. The molecule has 3 nitrogen and oxygen atoms in total. The van der Waals surface area contributed by atoms with E-state index >= 15 is 0 Å². The van der Waals surface area contributed by atoms with Crippen LogP contribution in [0.1, 0.15) is 12.0 Å². The third kappa shape index (κ3) is 4.08. The fourth-order valence-corrected chi connectivity index (χ4v) is 2.32. The number of rotatable bonds is 5. The number of benzene rings is 2. The van der Waals surface area contributed by atoms with Crippen LogP contribution in [0.2, 0.25) is 5.02 Å². The number of amides is 1. The second kappa shape index (κ2) is 6.55. The molecule has 1 atom stereocenters. The van der Waals surface area contributed by atoms with Crippen molar-refractivity contribution in [3.63, 3.8) is 0 Å². The van der Waals surface area contributed by atoms with Crippen LogP contribution in [0.3, 0.4) is 0 Å². The summed E-state index contributed by atoms with van der Waals surface area (Å²) in [6.45, 7) is 0. The SMILES string of the molecule is NC(=O)C[C@H](N)Cc1ccc(-c2cccc(Cl)c2)cc1. The van der Waals surface area contributed by atoms with Crippen molar-refractivity contribution in [2.24, 2.45) is 11.5 Å². The Balaban J connectivity index is 2.08. The standard InChI is InChI=1S/C16H17ClN2O/c17-14-3-1-2-13(9-14)12-6-4-11(5-7-12)8-15(18)10-16(19)20/h1-7,9,15H,8,10,18H2,(H2,19,20)/t15-/m1/s1. The first-order valence-electron chi connectivity index (χ1n) is 6.43. The van der Waals surface area contributed by atoms with Crippen LogP contribution in [0, 0.1) is 0 Å². The van der Waals surface area contributed by atoms with Gasteiger partial charge in [-0.2, -0.15) is 0 Å². The van der Waals surface area contributed by atoms with Crippen LogP contribution in [0.5, 0.6) is 0 Å². The van der Waals surface area contributed by atoms with Crippen LogP contribution in [-0.4, -0.2) is 11.9 Å². The topological polar surface area (TPSA) is 69.1 Å². The lowest BCUT2D eigenvalue weighted by atomic mass is 10.00. The van der Waals surface area contributed by atoms with Gasteiger partial charge in [-0.25, -0.2) is 0 Å². The summed E-state index contributed by atoms with van der Waals surface area (Å²) in [5, 5.41) is 0.718. The number of carbonyl (C=O) groups is 1. The fraction of sp³-hybridized carbons (Fsp3) is 0.188. The van der Waals surface area contributed by atoms with Gasteiger partial charge in [-0.15, -0.1) is 0 Å². The summed E-state index contributed by atoms with van der Waals surface area (Å²) >= 11 is 5.98. The lowest BCUT2D eigenvalue weighted by Gasteiger charge is -2.10. The number of hydrogen-bond donors (Lipinski definition) is 2. The summed E-state index contributed by atoms with van der Waals surface area (Å²) in [6.07, 6.45) is 0.842. The van der Waals surface area contributed by atoms with Crippen LogP contribution in [0.4, 0.5) is 0 Å². The largest absolute Gasteiger partial charge is 0.370 e. The van der Waals surface area contributed by atoms with Gasteiger partial charge in [-0.05, 0) is 35.2 Å². The Kier molecular flexibility index (Phi) is 4.77. The van der Waals surface area contributed by atoms with Gasteiger partial charge >= 0.3 is 0 Å². The van der Waals surface area contributed by atoms with Gasteiger partial charge in [0.1, 0.15) is 0 Å². The van der Waals surface area contributed by atoms with Crippen molar-refractivity contribution in [3.05, 3.63) is 59.1 Å². The highest BCUT2D eigenvalue weighted by Crippen LogP contribution is 2.23. The normalized spacial score (nSPS) is 12.1. The molecular weight excluding hydrogens is 272 g/mol. The zero-order chi connectivity index (χ0) is 14.5. The summed E-state index contributed by atoms with van der Waals surface area (Å²) < 4.78 is 0. The average Bonchev–Trinajstić information content (AvgIpc) is 2.38. The Bertz CT molecular complexity index is 596. The minimum absolute atomic E-state index is 0.204. The van der Waals surface area contributed by atoms with Gasteiger partial charge in [0.05, 0.1) is 0 Å². The molecule has 2 aromatic rings. The molecule has 1 amide bonds. The van der Waals surface area contributed by atoms with Gasteiger partial charge < -0.3 is 11.5 Å². The van der Waals surface area contributed by atoms with Gasteiger partial charge in [-0.3, -0.25) is 4.79 Å². The minimum atomic E-state index is -0.368. The molecule has 104 valence electrons. The number of hydrogen-bond acceptors (Lipinski definition) is 2. The lowest BCUT2D eigenvalue weighted by molar-refractivity contribution is -0.118. The van der Waals surface area contributed by atoms with E-state index in [1.807, 2.05) is 48.5 Å². The molecular formula is C16H17ClN2O. The Hall–Kier alpha value is -1.84. The predicted molar refractivity (Wildman–Crippen MR) is 82.4 cm³/mol. The van der Waals surface area contributed by atoms with E-state index in [0.717, 1.165) is 21.7 Å². The monoisotopic (exact) mass is 288 g/mol. The highest BCUT2D eigenvalue weighted by Gasteiger charge is 2.07. The quantitative estimate of drug-likeness (QED) is 0.888. The summed E-state index contributed by atoms with van der Waals surface area (Å²) in [7, 11) is 0. The maximum absolute atomic E-state index is 10.8. The molecule has 2 rings (SSSR count). The molecule has 0 heterocycles. The average molecular weight is 289 g/mol. The molecule has 0 bridgehead atoms. The molecule has 0 radical (unpaired) electrons. The Morgan fingerprint density at radius 3 is 2.40 bits per heavy atom. The summed E-state index contributed by atoms with van der Waals surface area (Å²) in [4.78, 5) is 10.8. The lowest BCUT2D eigenvalue weighted by Crippen LogP contribution is -2.29. The molecule has 0 spiro atoms. The first-order valence-corrected chi connectivity index (χ1v) is 6.81. The number of nitrogens with two attached hydrogens (primary N) is 2. The first kappa shape index (κ1) is 14.6. The van der Waals surface area contributed by atoms with Crippen molar-refractivity contribution < 1.29 is 4.79 Å². The second-order valence-corrected chi connectivity index (χ2v) is 5.28. The van der Waals surface area contributed by atoms with Crippen molar-refractivity contribution in [1.29, 1.82) is 0 Å². The van der Waals surface area contributed by atoms with E-state index in [1.165, 1.54) is 0 Å². The summed E-state index contributed by atoms with van der Waals surface area (Å²) in [6, 6.07) is 15.6. The fourth-order valence-electron chi connectivity index (χ4n) is 2.13.